The molecular formula is C45H53NO14. The standard InChI is InChI=1S/C45H53NO14/c1-9-23(2)39(52)46-33(27-16-12-10-13-17-27)34(50)41(54)58-29-21-45(55)38(59-40(53)28-18-14-11-15-19-28)36-43(8,30(49)20-31-44(36,22-56-31)60-26(5)48)37(51)35(57-25(4)47)32(24(29)3)42(45,6)7/h9-19,29-31,33-36,38,49-50,55H,20-22H2,1-8H3,(H,46,52)/b23-9+/t29-,30+,31-,33-,34+,35-,36+,38-,43+,44+,45-/m1/s1. The van der Waals surface area contributed by atoms with Gasteiger partial charge in [-0.15, -0.1) is 0 Å². The summed E-state index contributed by atoms with van der Waals surface area (Å²) >= 11 is 0. The van der Waals surface area contributed by atoms with Crippen molar-refractivity contribution in [3.8, 4) is 0 Å². The Hall–Kier alpha value is -5.22. The molecule has 15 nitrogen and oxygen atoms in total. The molecule has 1 aliphatic heterocycles. The second-order valence-electron chi connectivity index (χ2n) is 17.0. The molecule has 3 aliphatic carbocycles. The molecule has 4 N–H and O–H groups in total. The van der Waals surface area contributed by atoms with E-state index in [9.17, 15) is 39.3 Å². The molecule has 11 atom stereocenters. The van der Waals surface area contributed by atoms with Crippen LogP contribution < -0.4 is 5.32 Å². The van der Waals surface area contributed by atoms with Gasteiger partial charge in [0.25, 0.3) is 0 Å². The van der Waals surface area contributed by atoms with Crippen molar-refractivity contribution in [2.24, 2.45) is 16.7 Å². The summed E-state index contributed by atoms with van der Waals surface area (Å²) < 4.78 is 30.2. The first-order valence-corrected chi connectivity index (χ1v) is 19.9. The summed E-state index contributed by atoms with van der Waals surface area (Å²) in [7, 11) is 0. The lowest BCUT2D eigenvalue weighted by Gasteiger charge is -2.67. The zero-order valence-corrected chi connectivity index (χ0v) is 34.9. The van der Waals surface area contributed by atoms with Crippen LogP contribution in [0.2, 0.25) is 0 Å². The summed E-state index contributed by atoms with van der Waals surface area (Å²) in [4.78, 5) is 82.9. The predicted molar refractivity (Wildman–Crippen MR) is 211 cm³/mol. The minimum atomic E-state index is -2.38. The van der Waals surface area contributed by atoms with Crippen LogP contribution in [-0.4, -0.2) is 105 Å². The number of benzene rings is 2. The molecular weight excluding hydrogens is 778 g/mol. The van der Waals surface area contributed by atoms with Crippen molar-refractivity contribution in [1.29, 1.82) is 0 Å². The topological polar surface area (TPSA) is 221 Å². The number of aliphatic hydroxyl groups is 3. The third kappa shape index (κ3) is 7.24. The summed E-state index contributed by atoms with van der Waals surface area (Å²) in [5.41, 5.74) is -6.91. The van der Waals surface area contributed by atoms with Crippen molar-refractivity contribution < 1.29 is 67.8 Å². The minimum absolute atomic E-state index is 0.00140. The van der Waals surface area contributed by atoms with E-state index in [-0.39, 0.29) is 29.7 Å². The van der Waals surface area contributed by atoms with E-state index < -0.39 is 113 Å². The SMILES string of the molecule is C/C=C(\C)C(=O)N[C@H](c1ccccc1)[C@H](O)C(=O)O[C@@H]1C[C@@]2(O)[C@H](OC(=O)c3ccccc3)[C@@H]3[C@]4(OC(C)=O)CO[C@@H]4C[C@H](O)[C@]3(C)C(=O)[C@H](OC(C)=O)C(=C1C)C2(C)C. The molecule has 2 saturated carbocycles. The maximum atomic E-state index is 15.4. The third-order valence-electron chi connectivity index (χ3n) is 13.2. The van der Waals surface area contributed by atoms with E-state index in [2.05, 4.69) is 5.32 Å². The number of hydrogen-bond acceptors (Lipinski definition) is 14. The number of nitrogens with one attached hydrogen (secondary N) is 1. The Morgan fingerprint density at radius 3 is 2.08 bits per heavy atom. The Labute approximate surface area is 348 Å². The van der Waals surface area contributed by atoms with Gasteiger partial charge < -0.3 is 44.3 Å². The molecule has 0 spiro atoms. The maximum Gasteiger partial charge on any atom is 0.338 e. The van der Waals surface area contributed by atoms with Gasteiger partial charge in [0.15, 0.2) is 23.6 Å². The highest BCUT2D eigenvalue weighted by molar-refractivity contribution is 5.96. The third-order valence-corrected chi connectivity index (χ3v) is 13.2. The van der Waals surface area contributed by atoms with Crippen LogP contribution in [0.25, 0.3) is 0 Å². The van der Waals surface area contributed by atoms with Crippen LogP contribution in [0.3, 0.4) is 0 Å². The summed E-state index contributed by atoms with van der Waals surface area (Å²) in [5.74, 6) is -6.78. The van der Waals surface area contributed by atoms with E-state index in [1.54, 1.807) is 82.3 Å². The van der Waals surface area contributed by atoms with Gasteiger partial charge in [-0.3, -0.25) is 19.2 Å². The molecule has 6 rings (SSSR count). The molecule has 2 aromatic carbocycles. The Bertz CT molecular complexity index is 2110. The second-order valence-corrected chi connectivity index (χ2v) is 17.0. The van der Waals surface area contributed by atoms with Crippen molar-refractivity contribution in [1.82, 2.24) is 5.32 Å². The quantitative estimate of drug-likeness (QED) is 0.117. The van der Waals surface area contributed by atoms with Gasteiger partial charge in [-0.05, 0) is 56.5 Å². The average molecular weight is 832 g/mol. The van der Waals surface area contributed by atoms with Gasteiger partial charge in [0, 0.05) is 37.7 Å². The lowest BCUT2D eigenvalue weighted by Crippen LogP contribution is -2.82. The highest BCUT2D eigenvalue weighted by atomic mass is 16.6. The first-order valence-electron chi connectivity index (χ1n) is 19.9. The van der Waals surface area contributed by atoms with Gasteiger partial charge in [0.2, 0.25) is 5.91 Å². The molecule has 0 radical (unpaired) electrons. The van der Waals surface area contributed by atoms with Crippen LogP contribution >= 0.6 is 0 Å². The Morgan fingerprint density at radius 1 is 0.917 bits per heavy atom. The van der Waals surface area contributed by atoms with Crippen molar-refractivity contribution >= 4 is 35.6 Å². The smallest absolute Gasteiger partial charge is 0.338 e. The summed E-state index contributed by atoms with van der Waals surface area (Å²) in [6.07, 6.45) is -8.88. The van der Waals surface area contributed by atoms with Crippen LogP contribution in [-0.2, 0) is 47.7 Å². The van der Waals surface area contributed by atoms with E-state index in [4.69, 9.17) is 23.7 Å². The van der Waals surface area contributed by atoms with Crippen molar-refractivity contribution in [2.45, 2.75) is 122 Å². The molecule has 1 heterocycles. The molecule has 1 amide bonds. The van der Waals surface area contributed by atoms with Crippen molar-refractivity contribution in [2.75, 3.05) is 6.61 Å². The number of carbonyl (C=O) groups excluding carboxylic acids is 6. The number of fused-ring (bicyclic) bond motifs is 5. The van der Waals surface area contributed by atoms with Gasteiger partial charge in [0.05, 0.1) is 35.6 Å². The van der Waals surface area contributed by atoms with E-state index in [0.29, 0.717) is 11.1 Å². The van der Waals surface area contributed by atoms with Crippen LogP contribution in [0, 0.1) is 16.7 Å². The highest BCUT2D eigenvalue weighted by Gasteiger charge is 2.78. The maximum absolute atomic E-state index is 15.4. The fourth-order valence-corrected chi connectivity index (χ4v) is 9.75. The van der Waals surface area contributed by atoms with E-state index in [1.807, 2.05) is 0 Å². The zero-order chi connectivity index (χ0) is 44.1. The lowest BCUT2D eigenvalue weighted by molar-refractivity contribution is -0.346. The van der Waals surface area contributed by atoms with Gasteiger partial charge >= 0.3 is 23.9 Å². The number of ether oxygens (including phenoxy) is 5. The monoisotopic (exact) mass is 831 g/mol. The summed E-state index contributed by atoms with van der Waals surface area (Å²) in [6.45, 7) is 11.2. The number of aliphatic hydroxyl groups excluding tert-OH is 2. The fraction of sp³-hybridized carbons (Fsp3) is 0.511. The van der Waals surface area contributed by atoms with Crippen LogP contribution in [0.4, 0.5) is 0 Å². The number of ketones is 1. The number of amides is 1. The number of hydrogen-bond donors (Lipinski definition) is 4. The normalized spacial score (nSPS) is 32.9. The molecule has 322 valence electrons. The molecule has 0 unspecified atom stereocenters. The van der Waals surface area contributed by atoms with Gasteiger partial charge in [-0.25, -0.2) is 9.59 Å². The minimum Gasteiger partial charge on any atom is -0.456 e. The molecule has 60 heavy (non-hydrogen) atoms. The Balaban J connectivity index is 1.56. The summed E-state index contributed by atoms with van der Waals surface area (Å²) in [6, 6.07) is 14.8. The highest BCUT2D eigenvalue weighted by Crippen LogP contribution is 2.64. The number of Topliss-reactive ketones (excluding diaryl/α,β-unsaturated/α-hetero) is 1. The van der Waals surface area contributed by atoms with E-state index >= 15 is 4.79 Å². The van der Waals surface area contributed by atoms with Crippen LogP contribution in [0.5, 0.6) is 0 Å². The second kappa shape index (κ2) is 16.3. The first kappa shape index (κ1) is 44.3. The van der Waals surface area contributed by atoms with Gasteiger partial charge in [0.1, 0.15) is 23.9 Å². The molecule has 0 aromatic heterocycles. The summed E-state index contributed by atoms with van der Waals surface area (Å²) in [5, 5.41) is 40.0. The molecule has 2 bridgehead atoms. The van der Waals surface area contributed by atoms with Crippen LogP contribution in [0.1, 0.15) is 90.2 Å². The van der Waals surface area contributed by atoms with Gasteiger partial charge in [-0.1, -0.05) is 68.5 Å². The van der Waals surface area contributed by atoms with E-state index in [0.717, 1.165) is 13.8 Å². The lowest BCUT2D eigenvalue weighted by atomic mass is 9.44. The molecule has 3 fully saturated rings. The molecule has 1 saturated heterocycles. The Kier molecular flexibility index (Phi) is 12.1. The average Bonchev–Trinajstić information content (AvgIpc) is 3.20. The molecule has 15 heteroatoms. The van der Waals surface area contributed by atoms with E-state index in [1.165, 1.54) is 26.0 Å². The number of esters is 4. The van der Waals surface area contributed by atoms with Crippen molar-refractivity contribution in [3.05, 3.63) is 94.6 Å². The number of rotatable bonds is 10. The number of carbonyl (C=O) groups is 6. The van der Waals surface area contributed by atoms with Crippen LogP contribution in [0.15, 0.2) is 83.5 Å². The zero-order valence-electron chi connectivity index (χ0n) is 34.9. The van der Waals surface area contributed by atoms with Gasteiger partial charge in [-0.2, -0.15) is 0 Å². The predicted octanol–water partition coefficient (Wildman–Crippen LogP) is 3.39. The fourth-order valence-electron chi connectivity index (χ4n) is 9.75. The number of allylic oxidation sites excluding steroid dienone is 1. The largest absolute Gasteiger partial charge is 0.456 e. The molecule has 4 aliphatic rings. The Morgan fingerprint density at radius 2 is 1.53 bits per heavy atom. The molecule has 2 aromatic rings. The first-order chi connectivity index (χ1) is 28.1. The van der Waals surface area contributed by atoms with Crippen molar-refractivity contribution in [3.63, 3.8) is 0 Å².